The standard InChI is InChI=1S/C15H8F3N5O2/c16-15(17,18)24-12-5-1-9(2-6-12)13-22-14(25-23-13)21-11-4-3-10(7-19)20-8-11/h1-6,8H,(H,21,22,23). The van der Waals surface area contributed by atoms with Gasteiger partial charge in [-0.3, -0.25) is 0 Å². The Bertz CT molecular complexity index is 899. The Balaban J connectivity index is 1.71. The molecule has 3 rings (SSSR count). The Morgan fingerprint density at radius 2 is 1.88 bits per heavy atom. The second kappa shape index (κ2) is 6.48. The Morgan fingerprint density at radius 1 is 1.12 bits per heavy atom. The third-order valence-corrected chi connectivity index (χ3v) is 2.90. The van der Waals surface area contributed by atoms with Crippen molar-refractivity contribution in [2.24, 2.45) is 0 Å². The molecule has 10 heteroatoms. The van der Waals surface area contributed by atoms with E-state index < -0.39 is 6.36 Å². The molecule has 0 amide bonds. The Labute approximate surface area is 138 Å². The van der Waals surface area contributed by atoms with Crippen LogP contribution >= 0.6 is 0 Å². The van der Waals surface area contributed by atoms with E-state index in [1.54, 1.807) is 6.07 Å². The first-order valence-corrected chi connectivity index (χ1v) is 6.76. The van der Waals surface area contributed by atoms with Gasteiger partial charge in [-0.15, -0.1) is 13.2 Å². The van der Waals surface area contributed by atoms with E-state index in [2.05, 4.69) is 25.2 Å². The molecule has 0 saturated carbocycles. The number of nitrogens with one attached hydrogen (secondary N) is 1. The summed E-state index contributed by atoms with van der Waals surface area (Å²) in [5, 5.41) is 15.2. The fraction of sp³-hybridized carbons (Fsp3) is 0.0667. The number of halogens is 3. The molecule has 1 N–H and O–H groups in total. The summed E-state index contributed by atoms with van der Waals surface area (Å²) in [7, 11) is 0. The van der Waals surface area contributed by atoms with E-state index in [9.17, 15) is 13.2 Å². The van der Waals surface area contributed by atoms with Crippen molar-refractivity contribution in [2.45, 2.75) is 6.36 Å². The van der Waals surface area contributed by atoms with Crippen molar-refractivity contribution in [3.05, 3.63) is 48.3 Å². The smallest absolute Gasteiger partial charge is 0.406 e. The molecule has 7 nitrogen and oxygen atoms in total. The maximum atomic E-state index is 12.1. The molecule has 0 radical (unpaired) electrons. The number of alkyl halides is 3. The lowest BCUT2D eigenvalue weighted by molar-refractivity contribution is -0.274. The summed E-state index contributed by atoms with van der Waals surface area (Å²) in [6.07, 6.45) is -3.33. The third-order valence-electron chi connectivity index (χ3n) is 2.90. The predicted octanol–water partition coefficient (Wildman–Crippen LogP) is 3.65. The summed E-state index contributed by atoms with van der Waals surface area (Å²) in [6, 6.07) is 10.1. The molecular weight excluding hydrogens is 339 g/mol. The van der Waals surface area contributed by atoms with Gasteiger partial charge in [0.2, 0.25) is 5.82 Å². The number of benzene rings is 1. The molecule has 0 aliphatic heterocycles. The van der Waals surface area contributed by atoms with E-state index in [1.807, 2.05) is 6.07 Å². The van der Waals surface area contributed by atoms with Crippen molar-refractivity contribution in [3.8, 4) is 23.2 Å². The van der Waals surface area contributed by atoms with Gasteiger partial charge in [0.05, 0.1) is 11.9 Å². The monoisotopic (exact) mass is 347 g/mol. The molecule has 126 valence electrons. The number of nitriles is 1. The number of aromatic nitrogens is 3. The molecule has 0 atom stereocenters. The minimum atomic E-state index is -4.75. The SMILES string of the molecule is N#Cc1ccc(Nc2nc(-c3ccc(OC(F)(F)F)cc3)no2)cn1. The molecule has 2 aromatic heterocycles. The number of hydrogen-bond acceptors (Lipinski definition) is 7. The molecule has 1 aromatic carbocycles. The summed E-state index contributed by atoms with van der Waals surface area (Å²) in [5.41, 5.74) is 1.24. The minimum Gasteiger partial charge on any atom is -0.406 e. The maximum Gasteiger partial charge on any atom is 0.573 e. The van der Waals surface area contributed by atoms with Gasteiger partial charge in [0.15, 0.2) is 0 Å². The number of hydrogen-bond donors (Lipinski definition) is 1. The molecule has 0 aliphatic rings. The minimum absolute atomic E-state index is 0.0668. The molecular formula is C15H8F3N5O2. The highest BCUT2D eigenvalue weighted by Gasteiger charge is 2.31. The van der Waals surface area contributed by atoms with E-state index in [4.69, 9.17) is 9.78 Å². The van der Waals surface area contributed by atoms with E-state index in [0.717, 1.165) is 12.1 Å². The van der Waals surface area contributed by atoms with Crippen LogP contribution in [0.5, 0.6) is 5.75 Å². The van der Waals surface area contributed by atoms with Gasteiger partial charge in [0, 0.05) is 5.56 Å². The molecule has 2 heterocycles. The van der Waals surface area contributed by atoms with Gasteiger partial charge in [0.1, 0.15) is 17.5 Å². The number of pyridine rings is 1. The van der Waals surface area contributed by atoms with Crippen LogP contribution in [0.3, 0.4) is 0 Å². The van der Waals surface area contributed by atoms with E-state index in [1.165, 1.54) is 24.4 Å². The first-order chi connectivity index (χ1) is 11.9. The van der Waals surface area contributed by atoms with Crippen LogP contribution in [0, 0.1) is 11.3 Å². The van der Waals surface area contributed by atoms with Crippen molar-refractivity contribution in [2.75, 3.05) is 5.32 Å². The number of nitrogens with zero attached hydrogens (tertiary/aromatic N) is 4. The van der Waals surface area contributed by atoms with Gasteiger partial charge in [-0.05, 0) is 36.4 Å². The normalized spacial score (nSPS) is 11.0. The summed E-state index contributed by atoms with van der Waals surface area (Å²) >= 11 is 0. The molecule has 0 unspecified atom stereocenters. The highest BCUT2D eigenvalue weighted by Crippen LogP contribution is 2.26. The first-order valence-electron chi connectivity index (χ1n) is 6.76. The zero-order valence-corrected chi connectivity index (χ0v) is 12.3. The lowest BCUT2D eigenvalue weighted by atomic mass is 10.2. The topological polar surface area (TPSA) is 96.9 Å². The summed E-state index contributed by atoms with van der Waals surface area (Å²) in [4.78, 5) is 7.96. The summed E-state index contributed by atoms with van der Waals surface area (Å²) in [5.74, 6) is -0.163. The van der Waals surface area contributed by atoms with Crippen LogP contribution in [0.25, 0.3) is 11.4 Å². The molecule has 25 heavy (non-hydrogen) atoms. The van der Waals surface area contributed by atoms with Gasteiger partial charge >= 0.3 is 12.4 Å². The Kier molecular flexibility index (Phi) is 4.21. The van der Waals surface area contributed by atoms with Crippen molar-refractivity contribution in [3.63, 3.8) is 0 Å². The van der Waals surface area contributed by atoms with Gasteiger partial charge in [-0.2, -0.15) is 10.2 Å². The number of ether oxygens (including phenoxy) is 1. The quantitative estimate of drug-likeness (QED) is 0.769. The van der Waals surface area contributed by atoms with Gasteiger partial charge < -0.3 is 14.6 Å². The zero-order chi connectivity index (χ0) is 17.9. The van der Waals surface area contributed by atoms with Crippen LogP contribution in [0.2, 0.25) is 0 Å². The molecule has 3 aromatic rings. The highest BCUT2D eigenvalue weighted by molar-refractivity contribution is 5.58. The molecule has 0 bridgehead atoms. The second-order valence-electron chi connectivity index (χ2n) is 4.66. The summed E-state index contributed by atoms with van der Waals surface area (Å²) < 4.78 is 45.2. The lowest BCUT2D eigenvalue weighted by Crippen LogP contribution is -2.16. The van der Waals surface area contributed by atoms with Crippen molar-refractivity contribution in [1.29, 1.82) is 5.26 Å². The van der Waals surface area contributed by atoms with Crippen molar-refractivity contribution in [1.82, 2.24) is 15.1 Å². The average Bonchev–Trinajstić information content (AvgIpc) is 3.03. The Hall–Kier alpha value is -3.61. The first kappa shape index (κ1) is 16.3. The summed E-state index contributed by atoms with van der Waals surface area (Å²) in [6.45, 7) is 0. The van der Waals surface area contributed by atoms with Crippen LogP contribution < -0.4 is 10.1 Å². The van der Waals surface area contributed by atoms with Crippen molar-refractivity contribution < 1.29 is 22.4 Å². The molecule has 0 spiro atoms. The lowest BCUT2D eigenvalue weighted by Gasteiger charge is -2.08. The fourth-order valence-corrected chi connectivity index (χ4v) is 1.85. The van der Waals surface area contributed by atoms with Crippen LogP contribution in [-0.4, -0.2) is 21.5 Å². The zero-order valence-electron chi connectivity index (χ0n) is 12.3. The third kappa shape index (κ3) is 4.23. The molecule has 0 fully saturated rings. The van der Waals surface area contributed by atoms with Gasteiger partial charge in [-0.1, -0.05) is 5.16 Å². The average molecular weight is 347 g/mol. The van der Waals surface area contributed by atoms with E-state index in [0.29, 0.717) is 11.3 Å². The van der Waals surface area contributed by atoms with Crippen LogP contribution in [0.4, 0.5) is 24.9 Å². The predicted molar refractivity (Wildman–Crippen MR) is 78.7 cm³/mol. The fourth-order valence-electron chi connectivity index (χ4n) is 1.85. The molecule has 0 saturated heterocycles. The van der Waals surface area contributed by atoms with Crippen LogP contribution in [0.1, 0.15) is 5.69 Å². The van der Waals surface area contributed by atoms with Crippen LogP contribution in [0.15, 0.2) is 47.1 Å². The van der Waals surface area contributed by atoms with Crippen molar-refractivity contribution >= 4 is 11.7 Å². The van der Waals surface area contributed by atoms with Crippen LogP contribution in [-0.2, 0) is 0 Å². The van der Waals surface area contributed by atoms with Gasteiger partial charge in [0.25, 0.3) is 0 Å². The number of rotatable bonds is 4. The largest absolute Gasteiger partial charge is 0.573 e. The molecule has 0 aliphatic carbocycles. The van der Waals surface area contributed by atoms with E-state index >= 15 is 0 Å². The Morgan fingerprint density at radius 3 is 2.48 bits per heavy atom. The second-order valence-corrected chi connectivity index (χ2v) is 4.66. The van der Waals surface area contributed by atoms with E-state index in [-0.39, 0.29) is 23.3 Å². The number of anilines is 2. The highest BCUT2D eigenvalue weighted by atomic mass is 19.4. The van der Waals surface area contributed by atoms with Gasteiger partial charge in [-0.25, -0.2) is 4.98 Å². The maximum absolute atomic E-state index is 12.1.